The van der Waals surface area contributed by atoms with Gasteiger partial charge in [-0.25, -0.2) is 0 Å². The van der Waals surface area contributed by atoms with E-state index >= 15 is 0 Å². The molecule has 1 aliphatic rings. The van der Waals surface area contributed by atoms with Crippen molar-refractivity contribution in [2.24, 2.45) is 0 Å². The standard InChI is InChI=1S/C27H29N3O3S/c1-32-23-14-18-10-12-30(27(25-8-5-13-34-25)21(18)15-24(23)33-2)17-26(31)28-11-9-19-16-29-22-7-4-3-6-20(19)22/h3-8,13-16,27,29H,9-12,17H2,1-2H3,(H,28,31)/t27-/m1/s1. The highest BCUT2D eigenvalue weighted by Gasteiger charge is 2.32. The molecule has 0 saturated heterocycles. The number of carbonyl (C=O) groups is 1. The van der Waals surface area contributed by atoms with Gasteiger partial charge in [0.2, 0.25) is 5.91 Å². The quantitative estimate of drug-likeness (QED) is 0.392. The summed E-state index contributed by atoms with van der Waals surface area (Å²) in [5.41, 5.74) is 4.77. The molecule has 1 amide bonds. The Kier molecular flexibility index (Phi) is 6.56. The van der Waals surface area contributed by atoms with E-state index in [0.29, 0.717) is 18.8 Å². The van der Waals surface area contributed by atoms with Gasteiger partial charge in [-0.15, -0.1) is 11.3 Å². The van der Waals surface area contributed by atoms with Crippen LogP contribution in [-0.4, -0.2) is 49.6 Å². The van der Waals surface area contributed by atoms with Crippen LogP contribution in [0, 0.1) is 0 Å². The molecule has 7 heteroatoms. The van der Waals surface area contributed by atoms with Crippen molar-refractivity contribution in [1.82, 2.24) is 15.2 Å². The van der Waals surface area contributed by atoms with Crippen LogP contribution in [0.5, 0.6) is 11.5 Å². The van der Waals surface area contributed by atoms with E-state index in [-0.39, 0.29) is 11.9 Å². The SMILES string of the molecule is COc1cc2c(cc1OC)[C@H](c1cccs1)N(CC(=O)NCCc1c[nH]c3ccccc13)CC2. The molecule has 34 heavy (non-hydrogen) atoms. The highest BCUT2D eigenvalue weighted by molar-refractivity contribution is 7.10. The summed E-state index contributed by atoms with van der Waals surface area (Å²) in [6.07, 6.45) is 3.69. The lowest BCUT2D eigenvalue weighted by Gasteiger charge is -2.37. The molecular formula is C27H29N3O3S. The molecule has 0 spiro atoms. The third-order valence-electron chi connectivity index (χ3n) is 6.52. The molecule has 0 unspecified atom stereocenters. The van der Waals surface area contributed by atoms with Gasteiger partial charge in [0.25, 0.3) is 0 Å². The number of nitrogens with one attached hydrogen (secondary N) is 2. The topological polar surface area (TPSA) is 66.6 Å². The minimum atomic E-state index is 0.0166. The summed E-state index contributed by atoms with van der Waals surface area (Å²) in [4.78, 5) is 19.7. The van der Waals surface area contributed by atoms with E-state index in [1.165, 1.54) is 27.0 Å². The number of ether oxygens (including phenoxy) is 2. The summed E-state index contributed by atoms with van der Waals surface area (Å²) in [6, 6.07) is 16.6. The molecule has 2 aromatic heterocycles. The number of hydrogen-bond donors (Lipinski definition) is 2. The predicted molar refractivity (Wildman–Crippen MR) is 136 cm³/mol. The minimum Gasteiger partial charge on any atom is -0.493 e. The van der Waals surface area contributed by atoms with Crippen LogP contribution in [0.15, 0.2) is 60.1 Å². The number of amides is 1. The van der Waals surface area contributed by atoms with E-state index in [1.807, 2.05) is 18.3 Å². The van der Waals surface area contributed by atoms with Crippen LogP contribution in [0.25, 0.3) is 10.9 Å². The lowest BCUT2D eigenvalue weighted by Crippen LogP contribution is -2.43. The Hall–Kier alpha value is -3.29. The summed E-state index contributed by atoms with van der Waals surface area (Å²) in [7, 11) is 3.32. The van der Waals surface area contributed by atoms with Gasteiger partial charge in [-0.3, -0.25) is 9.69 Å². The number of fused-ring (bicyclic) bond motifs is 2. The largest absolute Gasteiger partial charge is 0.493 e. The number of methoxy groups -OCH3 is 2. The van der Waals surface area contributed by atoms with Crippen LogP contribution < -0.4 is 14.8 Å². The number of para-hydroxylation sites is 1. The number of nitrogens with zero attached hydrogens (tertiary/aromatic N) is 1. The smallest absolute Gasteiger partial charge is 0.234 e. The normalized spacial score (nSPS) is 15.8. The second-order valence-corrected chi connectivity index (χ2v) is 9.48. The van der Waals surface area contributed by atoms with E-state index in [9.17, 15) is 4.79 Å². The molecular weight excluding hydrogens is 446 g/mol. The van der Waals surface area contributed by atoms with Gasteiger partial charge in [-0.05, 0) is 59.2 Å². The number of thiophene rings is 1. The fourth-order valence-corrected chi connectivity index (χ4v) is 5.74. The molecule has 5 rings (SSSR count). The molecule has 0 fully saturated rings. The Balaban J connectivity index is 1.30. The maximum Gasteiger partial charge on any atom is 0.234 e. The van der Waals surface area contributed by atoms with Crippen molar-refractivity contribution >= 4 is 28.1 Å². The number of benzene rings is 2. The maximum atomic E-state index is 13.0. The zero-order valence-corrected chi connectivity index (χ0v) is 20.3. The van der Waals surface area contributed by atoms with Gasteiger partial charge in [-0.2, -0.15) is 0 Å². The number of aromatic amines is 1. The molecule has 1 atom stereocenters. The van der Waals surface area contributed by atoms with Crippen LogP contribution in [-0.2, 0) is 17.6 Å². The summed E-state index contributed by atoms with van der Waals surface area (Å²) in [5.74, 6) is 1.51. The Bertz CT molecular complexity index is 1280. The van der Waals surface area contributed by atoms with Crippen LogP contribution in [0.2, 0.25) is 0 Å². The number of H-pyrrole nitrogens is 1. The van der Waals surface area contributed by atoms with Crippen LogP contribution in [0.1, 0.15) is 27.6 Å². The van der Waals surface area contributed by atoms with E-state index in [2.05, 4.69) is 57.0 Å². The number of aromatic nitrogens is 1. The lowest BCUT2D eigenvalue weighted by atomic mass is 9.91. The van der Waals surface area contributed by atoms with Gasteiger partial charge in [-0.1, -0.05) is 24.3 Å². The molecule has 0 aliphatic carbocycles. The molecule has 0 radical (unpaired) electrons. The Morgan fingerprint density at radius 1 is 1.15 bits per heavy atom. The van der Waals surface area contributed by atoms with Crippen LogP contribution in [0.3, 0.4) is 0 Å². The zero-order chi connectivity index (χ0) is 23.5. The van der Waals surface area contributed by atoms with Gasteiger partial charge in [0, 0.05) is 35.1 Å². The molecule has 4 aromatic rings. The van der Waals surface area contributed by atoms with Crippen molar-refractivity contribution in [3.8, 4) is 11.5 Å². The maximum absolute atomic E-state index is 13.0. The second-order valence-electron chi connectivity index (χ2n) is 8.50. The fourth-order valence-electron chi connectivity index (χ4n) is 4.86. The number of carbonyl (C=O) groups excluding carboxylic acids is 1. The average molecular weight is 476 g/mol. The second kappa shape index (κ2) is 9.91. The molecule has 3 heterocycles. The first kappa shape index (κ1) is 22.5. The molecule has 176 valence electrons. The van der Waals surface area contributed by atoms with Crippen LogP contribution >= 0.6 is 11.3 Å². The van der Waals surface area contributed by atoms with Gasteiger partial charge >= 0.3 is 0 Å². The summed E-state index contributed by atoms with van der Waals surface area (Å²) >= 11 is 1.72. The van der Waals surface area contributed by atoms with E-state index in [1.54, 1.807) is 25.6 Å². The lowest BCUT2D eigenvalue weighted by molar-refractivity contribution is -0.122. The minimum absolute atomic E-state index is 0.0166. The van der Waals surface area contributed by atoms with E-state index in [4.69, 9.17) is 9.47 Å². The first-order chi connectivity index (χ1) is 16.7. The van der Waals surface area contributed by atoms with Crippen molar-refractivity contribution in [2.45, 2.75) is 18.9 Å². The number of rotatable bonds is 8. The molecule has 6 nitrogen and oxygen atoms in total. The zero-order valence-electron chi connectivity index (χ0n) is 19.5. The molecule has 2 N–H and O–H groups in total. The van der Waals surface area contributed by atoms with Crippen molar-refractivity contribution in [1.29, 1.82) is 0 Å². The highest BCUT2D eigenvalue weighted by Crippen LogP contribution is 2.42. The van der Waals surface area contributed by atoms with Gasteiger partial charge in [0.05, 0.1) is 26.8 Å². The average Bonchev–Trinajstić information content (AvgIpc) is 3.53. The van der Waals surface area contributed by atoms with Gasteiger partial charge in [0.15, 0.2) is 11.5 Å². The van der Waals surface area contributed by atoms with E-state index in [0.717, 1.165) is 30.7 Å². The summed E-state index contributed by atoms with van der Waals surface area (Å²) < 4.78 is 11.1. The van der Waals surface area contributed by atoms with Crippen LogP contribution in [0.4, 0.5) is 0 Å². The Labute approximate surface area is 203 Å². The molecule has 0 saturated carbocycles. The Morgan fingerprint density at radius 2 is 1.97 bits per heavy atom. The van der Waals surface area contributed by atoms with Gasteiger partial charge < -0.3 is 19.8 Å². The first-order valence-corrected chi connectivity index (χ1v) is 12.4. The summed E-state index contributed by atoms with van der Waals surface area (Å²) in [5, 5.41) is 6.43. The predicted octanol–water partition coefficient (Wildman–Crippen LogP) is 4.55. The summed E-state index contributed by atoms with van der Waals surface area (Å²) in [6.45, 7) is 1.77. The molecule has 0 bridgehead atoms. The molecule has 2 aromatic carbocycles. The first-order valence-electron chi connectivity index (χ1n) is 11.5. The highest BCUT2D eigenvalue weighted by atomic mass is 32.1. The third kappa shape index (κ3) is 4.41. The Morgan fingerprint density at radius 3 is 2.76 bits per heavy atom. The van der Waals surface area contributed by atoms with Gasteiger partial charge in [0.1, 0.15) is 0 Å². The fraction of sp³-hybridized carbons (Fsp3) is 0.296. The monoisotopic (exact) mass is 475 g/mol. The van der Waals surface area contributed by atoms with Crippen molar-refractivity contribution in [2.75, 3.05) is 33.9 Å². The molecule has 1 aliphatic heterocycles. The third-order valence-corrected chi connectivity index (χ3v) is 7.45. The van der Waals surface area contributed by atoms with Crippen molar-refractivity contribution < 1.29 is 14.3 Å². The van der Waals surface area contributed by atoms with Crippen molar-refractivity contribution in [3.63, 3.8) is 0 Å². The van der Waals surface area contributed by atoms with Crippen molar-refractivity contribution in [3.05, 3.63) is 81.7 Å². The van der Waals surface area contributed by atoms with E-state index < -0.39 is 0 Å². The number of hydrogen-bond acceptors (Lipinski definition) is 5.